The molecule has 1 N–H and O–H groups in total. The number of fused-ring (bicyclic) bond motifs is 1. The molecule has 12 heteroatoms. The first-order valence-electron chi connectivity index (χ1n) is 13.2. The number of amides is 2. The summed E-state index contributed by atoms with van der Waals surface area (Å²) in [5.41, 5.74) is -0.936. The second kappa shape index (κ2) is 11.3. The Morgan fingerprint density at radius 1 is 1.20 bits per heavy atom. The minimum Gasteiger partial charge on any atom is -0.444 e. The van der Waals surface area contributed by atoms with Crippen LogP contribution in [-0.4, -0.2) is 56.5 Å². The van der Waals surface area contributed by atoms with Gasteiger partial charge in [-0.15, -0.1) is 0 Å². The van der Waals surface area contributed by atoms with Gasteiger partial charge in [0.25, 0.3) is 5.56 Å². The van der Waals surface area contributed by atoms with Crippen LogP contribution in [0, 0.1) is 11.3 Å². The first-order valence-corrected chi connectivity index (χ1v) is 13.2. The van der Waals surface area contributed by atoms with Crippen LogP contribution in [0.3, 0.4) is 0 Å². The number of nitrogens with one attached hydrogen (secondary N) is 1. The molecule has 1 aromatic heterocycles. The second-order valence-corrected chi connectivity index (χ2v) is 11.2. The number of nitriles is 1. The van der Waals surface area contributed by atoms with Gasteiger partial charge in [0.2, 0.25) is 5.91 Å². The second-order valence-electron chi connectivity index (χ2n) is 11.2. The number of benzene rings is 1. The number of H-pyrrole nitrogens is 1. The minimum atomic E-state index is -4.49. The van der Waals surface area contributed by atoms with Gasteiger partial charge >= 0.3 is 12.3 Å². The fraction of sp³-hybridized carbons (Fsp3) is 0.536. The van der Waals surface area contributed by atoms with E-state index in [0.717, 1.165) is 12.1 Å². The number of carbonyl (C=O) groups excluding carboxylic acids is 2. The molecule has 1 saturated heterocycles. The van der Waals surface area contributed by atoms with E-state index >= 15 is 0 Å². The average molecular weight is 560 g/mol. The van der Waals surface area contributed by atoms with Crippen LogP contribution in [0.1, 0.15) is 75.6 Å². The standard InChI is InChI=1S/C28H32F3N5O4/c1-27(2,3)40-26(39)36-14-6-8-21(36)25(38)35-15-18(7-4-5-13-32)22-20(16-35)24(37)34-23(33-22)17-9-11-19(12-10-17)28(29,30)31/h9-12,18,21H,4-8,14-16H2,1-3H3,(H,33,34,37). The smallest absolute Gasteiger partial charge is 0.416 e. The number of nitrogens with zero attached hydrogens (tertiary/aromatic N) is 4. The van der Waals surface area contributed by atoms with Gasteiger partial charge < -0.3 is 14.6 Å². The molecular formula is C28H32F3N5O4. The van der Waals surface area contributed by atoms with Crippen molar-refractivity contribution in [1.29, 1.82) is 5.26 Å². The summed E-state index contributed by atoms with van der Waals surface area (Å²) in [5.74, 6) is -0.520. The van der Waals surface area contributed by atoms with Gasteiger partial charge in [0, 0.05) is 31.0 Å². The van der Waals surface area contributed by atoms with Crippen molar-refractivity contribution in [3.63, 3.8) is 0 Å². The average Bonchev–Trinajstić information content (AvgIpc) is 3.37. The monoisotopic (exact) mass is 559 g/mol. The third kappa shape index (κ3) is 6.46. The van der Waals surface area contributed by atoms with Crippen LogP contribution in [0.25, 0.3) is 11.4 Å². The molecule has 2 amide bonds. The van der Waals surface area contributed by atoms with Crippen LogP contribution in [0.2, 0.25) is 0 Å². The van der Waals surface area contributed by atoms with Crippen LogP contribution in [0.5, 0.6) is 0 Å². The maximum absolute atomic E-state index is 13.7. The van der Waals surface area contributed by atoms with Crippen molar-refractivity contribution < 1.29 is 27.5 Å². The lowest BCUT2D eigenvalue weighted by molar-refractivity contribution is -0.138. The maximum Gasteiger partial charge on any atom is 0.416 e. The third-order valence-corrected chi connectivity index (χ3v) is 7.03. The highest BCUT2D eigenvalue weighted by molar-refractivity contribution is 5.86. The lowest BCUT2D eigenvalue weighted by atomic mass is 9.90. The first-order chi connectivity index (χ1) is 18.8. The lowest BCUT2D eigenvalue weighted by Crippen LogP contribution is -2.51. The molecule has 0 saturated carbocycles. The Hall–Kier alpha value is -3.88. The fourth-order valence-corrected chi connectivity index (χ4v) is 5.16. The highest BCUT2D eigenvalue weighted by Gasteiger charge is 2.41. The molecule has 2 aromatic rings. The number of unbranched alkanes of at least 4 members (excludes halogenated alkanes) is 1. The Morgan fingerprint density at radius 2 is 1.90 bits per heavy atom. The predicted octanol–water partition coefficient (Wildman–Crippen LogP) is 4.97. The number of likely N-dealkylation sites (tertiary alicyclic amines) is 1. The van der Waals surface area contributed by atoms with Gasteiger partial charge in [-0.1, -0.05) is 12.1 Å². The van der Waals surface area contributed by atoms with Gasteiger partial charge in [-0.05, 0) is 58.6 Å². The quantitative estimate of drug-likeness (QED) is 0.517. The summed E-state index contributed by atoms with van der Waals surface area (Å²) in [6.45, 7) is 5.87. The van der Waals surface area contributed by atoms with Crippen molar-refractivity contribution in [2.75, 3.05) is 13.1 Å². The van der Waals surface area contributed by atoms with Gasteiger partial charge in [-0.2, -0.15) is 18.4 Å². The summed E-state index contributed by atoms with van der Waals surface area (Å²) in [5, 5.41) is 9.04. The molecule has 214 valence electrons. The SMILES string of the molecule is CC(C)(C)OC(=O)N1CCCC1C(=O)N1Cc2c(nc(-c3ccc(C(F)(F)F)cc3)[nH]c2=O)C(CCCC#N)C1. The summed E-state index contributed by atoms with van der Waals surface area (Å²) < 4.78 is 44.5. The molecule has 3 heterocycles. The molecule has 2 unspecified atom stereocenters. The molecule has 0 radical (unpaired) electrons. The van der Waals surface area contributed by atoms with Gasteiger partial charge in [-0.25, -0.2) is 9.78 Å². The number of ether oxygens (including phenoxy) is 1. The van der Waals surface area contributed by atoms with Crippen LogP contribution >= 0.6 is 0 Å². The highest BCUT2D eigenvalue weighted by Crippen LogP contribution is 2.34. The van der Waals surface area contributed by atoms with Crippen LogP contribution in [0.4, 0.5) is 18.0 Å². The maximum atomic E-state index is 13.7. The Kier molecular flexibility index (Phi) is 8.23. The van der Waals surface area contributed by atoms with Gasteiger partial charge in [0.05, 0.1) is 29.4 Å². The van der Waals surface area contributed by atoms with Gasteiger partial charge in [0.1, 0.15) is 17.5 Å². The Labute approximate surface area is 229 Å². The summed E-state index contributed by atoms with van der Waals surface area (Å²) in [6.07, 6.45) is -2.66. The zero-order valence-electron chi connectivity index (χ0n) is 22.7. The number of aromatic amines is 1. The molecule has 0 aliphatic carbocycles. The van der Waals surface area contributed by atoms with Crippen molar-refractivity contribution in [2.45, 2.75) is 83.2 Å². The molecule has 2 aliphatic heterocycles. The number of alkyl halides is 3. The van der Waals surface area contributed by atoms with E-state index < -0.39 is 35.0 Å². The topological polar surface area (TPSA) is 119 Å². The van der Waals surface area contributed by atoms with Crippen molar-refractivity contribution in [3.05, 3.63) is 51.4 Å². The molecule has 1 fully saturated rings. The van der Waals surface area contributed by atoms with Crippen LogP contribution < -0.4 is 5.56 Å². The van der Waals surface area contributed by atoms with Crippen molar-refractivity contribution in [3.8, 4) is 17.5 Å². The molecule has 40 heavy (non-hydrogen) atoms. The summed E-state index contributed by atoms with van der Waals surface area (Å²) in [7, 11) is 0. The largest absolute Gasteiger partial charge is 0.444 e. The van der Waals surface area contributed by atoms with Crippen LogP contribution in [0.15, 0.2) is 29.1 Å². The van der Waals surface area contributed by atoms with Crippen molar-refractivity contribution >= 4 is 12.0 Å². The predicted molar refractivity (Wildman–Crippen MR) is 139 cm³/mol. The number of rotatable bonds is 5. The number of hydrogen-bond acceptors (Lipinski definition) is 6. The van der Waals surface area contributed by atoms with Crippen LogP contribution in [-0.2, 0) is 22.3 Å². The van der Waals surface area contributed by atoms with Crippen molar-refractivity contribution in [2.24, 2.45) is 0 Å². The zero-order chi connectivity index (χ0) is 29.2. The molecule has 0 spiro atoms. The lowest BCUT2D eigenvalue weighted by Gasteiger charge is -2.37. The third-order valence-electron chi connectivity index (χ3n) is 7.03. The number of hydrogen-bond donors (Lipinski definition) is 1. The molecule has 2 atom stereocenters. The van der Waals surface area contributed by atoms with E-state index in [0.29, 0.717) is 49.0 Å². The van der Waals surface area contributed by atoms with E-state index in [1.807, 2.05) is 0 Å². The summed E-state index contributed by atoms with van der Waals surface area (Å²) in [4.78, 5) is 50.0. The first kappa shape index (κ1) is 29.1. The number of halogens is 3. The molecule has 4 rings (SSSR count). The number of carbonyl (C=O) groups is 2. The minimum absolute atomic E-state index is 0.0167. The molecular weight excluding hydrogens is 527 g/mol. The highest BCUT2D eigenvalue weighted by atomic mass is 19.4. The van der Waals surface area contributed by atoms with E-state index in [1.54, 1.807) is 25.7 Å². The Bertz CT molecular complexity index is 1360. The summed E-state index contributed by atoms with van der Waals surface area (Å²) >= 11 is 0. The van der Waals surface area contributed by atoms with E-state index in [2.05, 4.69) is 16.0 Å². The molecule has 0 bridgehead atoms. The summed E-state index contributed by atoms with van der Waals surface area (Å²) in [6, 6.07) is 5.74. The molecule has 1 aromatic carbocycles. The normalized spacial score (nSPS) is 19.2. The van der Waals surface area contributed by atoms with E-state index in [4.69, 9.17) is 10.00 Å². The fourth-order valence-electron chi connectivity index (χ4n) is 5.16. The van der Waals surface area contributed by atoms with Gasteiger partial charge in [-0.3, -0.25) is 14.5 Å². The number of aromatic nitrogens is 2. The van der Waals surface area contributed by atoms with E-state index in [-0.39, 0.29) is 37.2 Å². The molecule has 2 aliphatic rings. The zero-order valence-corrected chi connectivity index (χ0v) is 22.7. The van der Waals surface area contributed by atoms with Crippen molar-refractivity contribution in [1.82, 2.24) is 19.8 Å². The molecule has 9 nitrogen and oxygen atoms in total. The van der Waals surface area contributed by atoms with Gasteiger partial charge in [0.15, 0.2) is 0 Å². The Balaban J connectivity index is 1.63. The Morgan fingerprint density at radius 3 is 2.52 bits per heavy atom. The van der Waals surface area contributed by atoms with E-state index in [9.17, 15) is 27.6 Å². The van der Waals surface area contributed by atoms with E-state index in [1.165, 1.54) is 17.0 Å².